The van der Waals surface area contributed by atoms with Crippen molar-refractivity contribution in [3.05, 3.63) is 59.9 Å². The first-order chi connectivity index (χ1) is 11.3. The molecule has 24 heavy (non-hydrogen) atoms. The topological polar surface area (TPSA) is 66.5 Å². The molecular formula is C17H19FN2O3S. The van der Waals surface area contributed by atoms with Gasteiger partial charge in [0.25, 0.3) is 0 Å². The van der Waals surface area contributed by atoms with Gasteiger partial charge in [-0.25, -0.2) is 12.8 Å². The lowest BCUT2D eigenvalue weighted by Crippen LogP contribution is -2.37. The number of likely N-dealkylation sites (N-methyl/N-ethyl adjacent to an activating group) is 1. The van der Waals surface area contributed by atoms with Crippen molar-refractivity contribution in [2.45, 2.75) is 18.7 Å². The Bertz CT molecular complexity index is 820. The van der Waals surface area contributed by atoms with E-state index in [-0.39, 0.29) is 23.7 Å². The number of carbonyl (C=O) groups is 1. The number of hydrogen-bond acceptors (Lipinski definition) is 3. The van der Waals surface area contributed by atoms with Crippen LogP contribution < -0.4 is 5.32 Å². The minimum atomic E-state index is -3.79. The molecule has 0 spiro atoms. The van der Waals surface area contributed by atoms with Gasteiger partial charge in [0.2, 0.25) is 15.9 Å². The third-order valence-corrected chi connectivity index (χ3v) is 5.41. The number of nitrogens with one attached hydrogen (secondary N) is 1. The van der Waals surface area contributed by atoms with Crippen LogP contribution in [0.5, 0.6) is 0 Å². The predicted molar refractivity (Wildman–Crippen MR) is 90.6 cm³/mol. The predicted octanol–water partition coefficient (Wildman–Crippen LogP) is 2.78. The molecule has 0 bridgehead atoms. The molecule has 2 aromatic rings. The van der Waals surface area contributed by atoms with Crippen molar-refractivity contribution in [2.75, 3.05) is 18.4 Å². The van der Waals surface area contributed by atoms with Gasteiger partial charge in [-0.05, 0) is 31.2 Å². The van der Waals surface area contributed by atoms with Crippen molar-refractivity contribution in [3.8, 4) is 0 Å². The largest absolute Gasteiger partial charge is 0.322 e. The lowest BCUT2D eigenvalue weighted by Gasteiger charge is -2.20. The fourth-order valence-electron chi connectivity index (χ4n) is 2.14. The lowest BCUT2D eigenvalue weighted by molar-refractivity contribution is -0.116. The van der Waals surface area contributed by atoms with E-state index in [4.69, 9.17) is 0 Å². The molecule has 2 rings (SSSR count). The number of hydrogen-bond donors (Lipinski definition) is 1. The maximum atomic E-state index is 13.6. The van der Waals surface area contributed by atoms with Gasteiger partial charge in [-0.1, -0.05) is 36.8 Å². The Morgan fingerprint density at radius 3 is 2.33 bits per heavy atom. The second-order valence-electron chi connectivity index (χ2n) is 5.27. The van der Waals surface area contributed by atoms with E-state index in [1.54, 1.807) is 25.1 Å². The van der Waals surface area contributed by atoms with E-state index >= 15 is 0 Å². The van der Waals surface area contributed by atoms with Gasteiger partial charge < -0.3 is 5.32 Å². The molecule has 0 aliphatic rings. The van der Waals surface area contributed by atoms with Crippen LogP contribution in [0.25, 0.3) is 0 Å². The number of para-hydroxylation sites is 1. The Morgan fingerprint density at radius 2 is 1.75 bits per heavy atom. The molecule has 1 N–H and O–H groups in total. The molecular weight excluding hydrogens is 331 g/mol. The van der Waals surface area contributed by atoms with E-state index in [2.05, 4.69) is 5.32 Å². The van der Waals surface area contributed by atoms with Crippen LogP contribution in [0.2, 0.25) is 0 Å². The molecule has 2 aromatic carbocycles. The van der Waals surface area contributed by atoms with E-state index in [1.165, 1.54) is 30.3 Å². The van der Waals surface area contributed by atoms with E-state index in [0.29, 0.717) is 0 Å². The van der Waals surface area contributed by atoms with Gasteiger partial charge in [-0.15, -0.1) is 0 Å². The molecule has 0 fully saturated rings. The Balaban J connectivity index is 2.15. The molecule has 0 heterocycles. The minimum absolute atomic E-state index is 0.0197. The van der Waals surface area contributed by atoms with Crippen molar-refractivity contribution >= 4 is 21.6 Å². The summed E-state index contributed by atoms with van der Waals surface area (Å²) < 4.78 is 39.8. The summed E-state index contributed by atoms with van der Waals surface area (Å²) in [6.07, 6.45) is 0. The van der Waals surface area contributed by atoms with E-state index in [1.807, 2.05) is 6.92 Å². The molecule has 1 amide bonds. The molecule has 0 unspecified atom stereocenters. The van der Waals surface area contributed by atoms with Gasteiger partial charge in [0, 0.05) is 6.54 Å². The molecule has 0 radical (unpaired) electrons. The van der Waals surface area contributed by atoms with Gasteiger partial charge in [0.1, 0.15) is 5.82 Å². The minimum Gasteiger partial charge on any atom is -0.322 e. The van der Waals surface area contributed by atoms with Crippen LogP contribution in [0.4, 0.5) is 10.1 Å². The molecule has 0 aromatic heterocycles. The molecule has 0 atom stereocenters. The Labute approximate surface area is 141 Å². The zero-order valence-electron chi connectivity index (χ0n) is 13.5. The van der Waals surface area contributed by atoms with Crippen LogP contribution in [0.3, 0.4) is 0 Å². The quantitative estimate of drug-likeness (QED) is 0.871. The summed E-state index contributed by atoms with van der Waals surface area (Å²) in [5.41, 5.74) is 0.959. The normalized spacial score (nSPS) is 11.5. The Hall–Kier alpha value is -2.25. The summed E-state index contributed by atoms with van der Waals surface area (Å²) >= 11 is 0. The van der Waals surface area contributed by atoms with Crippen molar-refractivity contribution in [3.63, 3.8) is 0 Å². The summed E-state index contributed by atoms with van der Waals surface area (Å²) in [5, 5.41) is 2.39. The van der Waals surface area contributed by atoms with Crippen LogP contribution in [-0.2, 0) is 14.8 Å². The van der Waals surface area contributed by atoms with Gasteiger partial charge >= 0.3 is 0 Å². The lowest BCUT2D eigenvalue weighted by atomic mass is 10.2. The van der Waals surface area contributed by atoms with Crippen molar-refractivity contribution in [1.82, 2.24) is 4.31 Å². The van der Waals surface area contributed by atoms with E-state index in [9.17, 15) is 17.6 Å². The highest BCUT2D eigenvalue weighted by Gasteiger charge is 2.25. The fourth-order valence-corrected chi connectivity index (χ4v) is 3.54. The maximum absolute atomic E-state index is 13.6. The first-order valence-corrected chi connectivity index (χ1v) is 8.90. The highest BCUT2D eigenvalue weighted by atomic mass is 32.2. The molecule has 7 heteroatoms. The molecule has 0 aliphatic carbocycles. The Morgan fingerprint density at radius 1 is 1.12 bits per heavy atom. The average molecular weight is 350 g/mol. The third kappa shape index (κ3) is 4.18. The van der Waals surface area contributed by atoms with Crippen LogP contribution in [-0.4, -0.2) is 31.7 Å². The summed E-state index contributed by atoms with van der Waals surface area (Å²) in [6, 6.07) is 12.1. The summed E-state index contributed by atoms with van der Waals surface area (Å²) in [4.78, 5) is 12.2. The molecule has 0 saturated carbocycles. The number of benzene rings is 2. The van der Waals surface area contributed by atoms with Gasteiger partial charge in [-0.2, -0.15) is 4.31 Å². The Kier molecular flexibility index (Phi) is 5.69. The van der Waals surface area contributed by atoms with Crippen molar-refractivity contribution < 1.29 is 17.6 Å². The number of anilines is 1. The smallest absolute Gasteiger partial charge is 0.243 e. The van der Waals surface area contributed by atoms with Crippen molar-refractivity contribution in [2.24, 2.45) is 0 Å². The van der Waals surface area contributed by atoms with Gasteiger partial charge in [0.05, 0.1) is 17.1 Å². The standard InChI is InChI=1S/C17H19FN2O3S/c1-3-20(24(22,23)14-10-8-13(2)9-11-14)12-17(21)19-16-7-5-4-6-15(16)18/h4-11H,3,12H2,1-2H3,(H,19,21). The molecule has 5 nitrogen and oxygen atoms in total. The fraction of sp³-hybridized carbons (Fsp3) is 0.235. The summed E-state index contributed by atoms with van der Waals surface area (Å²) in [7, 11) is -3.79. The number of nitrogens with zero attached hydrogens (tertiary/aromatic N) is 1. The molecule has 128 valence electrons. The summed E-state index contributed by atoms with van der Waals surface area (Å²) in [5.74, 6) is -1.17. The third-order valence-electron chi connectivity index (χ3n) is 3.48. The second-order valence-corrected chi connectivity index (χ2v) is 7.21. The van der Waals surface area contributed by atoms with Crippen LogP contribution in [0.15, 0.2) is 53.4 Å². The first kappa shape index (κ1) is 18.1. The van der Waals surface area contributed by atoms with Crippen LogP contribution >= 0.6 is 0 Å². The monoisotopic (exact) mass is 350 g/mol. The highest BCUT2D eigenvalue weighted by Crippen LogP contribution is 2.17. The van der Waals surface area contributed by atoms with Crippen molar-refractivity contribution in [1.29, 1.82) is 0 Å². The SMILES string of the molecule is CCN(CC(=O)Nc1ccccc1F)S(=O)(=O)c1ccc(C)cc1. The molecule has 0 saturated heterocycles. The second kappa shape index (κ2) is 7.55. The number of sulfonamides is 1. The summed E-state index contributed by atoms with van der Waals surface area (Å²) in [6.45, 7) is 3.24. The van der Waals surface area contributed by atoms with E-state index < -0.39 is 21.7 Å². The number of rotatable bonds is 6. The highest BCUT2D eigenvalue weighted by molar-refractivity contribution is 7.89. The number of halogens is 1. The number of carbonyl (C=O) groups excluding carboxylic acids is 1. The number of aryl methyl sites for hydroxylation is 1. The zero-order valence-corrected chi connectivity index (χ0v) is 14.3. The number of amides is 1. The van der Waals surface area contributed by atoms with Gasteiger partial charge in [-0.3, -0.25) is 4.79 Å². The zero-order chi connectivity index (χ0) is 17.7. The maximum Gasteiger partial charge on any atom is 0.243 e. The van der Waals surface area contributed by atoms with Crippen LogP contribution in [0.1, 0.15) is 12.5 Å². The first-order valence-electron chi connectivity index (χ1n) is 7.45. The van der Waals surface area contributed by atoms with Gasteiger partial charge in [0.15, 0.2) is 0 Å². The van der Waals surface area contributed by atoms with E-state index in [0.717, 1.165) is 9.87 Å². The van der Waals surface area contributed by atoms with Crippen LogP contribution in [0, 0.1) is 12.7 Å². The molecule has 0 aliphatic heterocycles. The average Bonchev–Trinajstić information content (AvgIpc) is 2.55.